The Balaban J connectivity index is 1.57. The van der Waals surface area contributed by atoms with Crippen molar-refractivity contribution in [3.8, 4) is 5.75 Å². The van der Waals surface area contributed by atoms with E-state index in [0.29, 0.717) is 17.3 Å². The lowest BCUT2D eigenvalue weighted by molar-refractivity contribution is -0.123. The van der Waals surface area contributed by atoms with Crippen molar-refractivity contribution in [2.75, 3.05) is 0 Å². The highest BCUT2D eigenvalue weighted by Crippen LogP contribution is 2.39. The van der Waals surface area contributed by atoms with E-state index in [1.54, 1.807) is 18.2 Å². The van der Waals surface area contributed by atoms with Crippen LogP contribution < -0.4 is 4.18 Å². The summed E-state index contributed by atoms with van der Waals surface area (Å²) in [4.78, 5) is 26.1. The molecule has 0 saturated carbocycles. The fourth-order valence-electron chi connectivity index (χ4n) is 3.19. The molecule has 6 nitrogen and oxygen atoms in total. The molecule has 0 aliphatic carbocycles. The van der Waals surface area contributed by atoms with Gasteiger partial charge in [-0.05, 0) is 60.7 Å². The summed E-state index contributed by atoms with van der Waals surface area (Å²) in [5, 5.41) is -0.763. The summed E-state index contributed by atoms with van der Waals surface area (Å²) in [6.45, 7) is 1.61. The van der Waals surface area contributed by atoms with Crippen LogP contribution in [0.15, 0.2) is 70.5 Å². The van der Waals surface area contributed by atoms with Gasteiger partial charge in [0.05, 0.1) is 21.5 Å². The topological polar surface area (TPSA) is 80.8 Å². The molecule has 4 rings (SSSR count). The summed E-state index contributed by atoms with van der Waals surface area (Å²) in [6.07, 6.45) is 1.39. The molecule has 3 aromatic carbocycles. The maximum atomic E-state index is 14.0. The predicted octanol–water partition coefficient (Wildman–Crippen LogP) is 6.45. The number of nitrogens with zero attached hydrogens (tertiary/aromatic N) is 1. The number of aryl methyl sites for hydroxylation is 1. The fourth-order valence-corrected chi connectivity index (χ4v) is 5.67. The molecule has 3 aromatic rings. The Hall–Kier alpha value is -2.85. The molecule has 0 N–H and O–H groups in total. The second-order valence-electron chi connectivity index (χ2n) is 7.52. The molecular weight excluding hydrogens is 536 g/mol. The van der Waals surface area contributed by atoms with Crippen molar-refractivity contribution >= 4 is 62.3 Å². The van der Waals surface area contributed by atoms with Gasteiger partial charge in [0.25, 0.3) is 11.1 Å². The lowest BCUT2D eigenvalue weighted by atomic mass is 10.2. The van der Waals surface area contributed by atoms with Crippen LogP contribution in [0.3, 0.4) is 0 Å². The highest BCUT2D eigenvalue weighted by Gasteiger charge is 2.35. The minimum absolute atomic E-state index is 0.0668. The summed E-state index contributed by atoms with van der Waals surface area (Å²) >= 11 is 13.2. The summed E-state index contributed by atoms with van der Waals surface area (Å²) in [7, 11) is -4.19. The number of imide groups is 1. The van der Waals surface area contributed by atoms with Gasteiger partial charge in [0.15, 0.2) is 5.75 Å². The zero-order chi connectivity index (χ0) is 25.3. The van der Waals surface area contributed by atoms with Gasteiger partial charge < -0.3 is 4.18 Å². The molecule has 0 aromatic heterocycles. The van der Waals surface area contributed by atoms with Crippen LogP contribution in [0.4, 0.5) is 9.18 Å². The Labute approximate surface area is 215 Å². The normalized spacial score (nSPS) is 15.2. The number of carbonyl (C=O) groups excluding carboxylic acids is 2. The van der Waals surface area contributed by atoms with E-state index in [1.807, 2.05) is 6.92 Å². The van der Waals surface area contributed by atoms with Gasteiger partial charge in [-0.3, -0.25) is 14.5 Å². The van der Waals surface area contributed by atoms with E-state index >= 15 is 0 Å². The molecule has 0 radical (unpaired) electrons. The lowest BCUT2D eigenvalue weighted by Crippen LogP contribution is -2.27. The van der Waals surface area contributed by atoms with Crippen molar-refractivity contribution in [2.24, 2.45) is 0 Å². The number of hydrogen-bond donors (Lipinski definition) is 0. The van der Waals surface area contributed by atoms with Crippen molar-refractivity contribution in [2.45, 2.75) is 18.4 Å². The number of halogens is 3. The van der Waals surface area contributed by atoms with Crippen molar-refractivity contribution in [1.82, 2.24) is 4.90 Å². The maximum Gasteiger partial charge on any atom is 0.339 e. The zero-order valence-electron chi connectivity index (χ0n) is 18.0. The standard InChI is InChI=1S/C24H16Cl2FNO5S2/c1-14-6-8-17(9-7-14)35(31,32)33-22-18(25)10-15(11-19(22)26)12-21-23(29)28(24(30)34-21)13-16-4-2-3-5-20(16)27/h2-12H,13H2,1H3/b21-12-. The molecular formula is C24H16Cl2FNO5S2. The van der Waals surface area contributed by atoms with E-state index in [-0.39, 0.29) is 37.7 Å². The first kappa shape index (κ1) is 25.2. The Morgan fingerprint density at radius 3 is 2.29 bits per heavy atom. The van der Waals surface area contributed by atoms with E-state index in [2.05, 4.69) is 0 Å². The minimum Gasteiger partial charge on any atom is -0.376 e. The van der Waals surface area contributed by atoms with Gasteiger partial charge >= 0.3 is 10.1 Å². The van der Waals surface area contributed by atoms with E-state index in [9.17, 15) is 22.4 Å². The smallest absolute Gasteiger partial charge is 0.339 e. The van der Waals surface area contributed by atoms with Crippen molar-refractivity contribution < 1.29 is 26.6 Å². The average Bonchev–Trinajstić information content (AvgIpc) is 3.05. The van der Waals surface area contributed by atoms with Crippen LogP contribution >= 0.6 is 35.0 Å². The van der Waals surface area contributed by atoms with Crippen molar-refractivity contribution in [3.05, 3.63) is 98.1 Å². The SMILES string of the molecule is Cc1ccc(S(=O)(=O)Oc2c(Cl)cc(/C=C3\SC(=O)N(Cc4ccccc4F)C3=O)cc2Cl)cc1. The van der Waals surface area contributed by atoms with Crippen LogP contribution in [0.1, 0.15) is 16.7 Å². The van der Waals surface area contributed by atoms with Crippen molar-refractivity contribution in [3.63, 3.8) is 0 Å². The quantitative estimate of drug-likeness (QED) is 0.259. The largest absolute Gasteiger partial charge is 0.376 e. The first-order chi connectivity index (χ1) is 16.5. The Morgan fingerprint density at radius 1 is 1.03 bits per heavy atom. The Kier molecular flexibility index (Phi) is 7.23. The number of thioether (sulfide) groups is 1. The molecule has 1 heterocycles. The zero-order valence-corrected chi connectivity index (χ0v) is 21.1. The van der Waals surface area contributed by atoms with E-state index < -0.39 is 27.1 Å². The van der Waals surface area contributed by atoms with E-state index in [0.717, 1.165) is 10.5 Å². The first-order valence-electron chi connectivity index (χ1n) is 10.0. The number of benzene rings is 3. The van der Waals surface area contributed by atoms with Gasteiger partial charge in [-0.25, -0.2) is 4.39 Å². The van der Waals surface area contributed by atoms with Crippen LogP contribution in [0.2, 0.25) is 10.0 Å². The molecule has 0 atom stereocenters. The third-order valence-electron chi connectivity index (χ3n) is 4.98. The van der Waals surface area contributed by atoms with E-state index in [4.69, 9.17) is 27.4 Å². The highest BCUT2D eigenvalue weighted by atomic mass is 35.5. The molecule has 1 fully saturated rings. The number of carbonyl (C=O) groups is 2. The number of rotatable bonds is 6. The van der Waals surface area contributed by atoms with Crippen LogP contribution in [-0.4, -0.2) is 24.5 Å². The molecule has 180 valence electrons. The van der Waals surface area contributed by atoms with Gasteiger partial charge in [-0.2, -0.15) is 8.42 Å². The van der Waals surface area contributed by atoms with Crippen LogP contribution in [-0.2, 0) is 21.5 Å². The maximum absolute atomic E-state index is 14.0. The molecule has 0 spiro atoms. The average molecular weight is 552 g/mol. The third kappa shape index (κ3) is 5.54. The molecule has 1 aliphatic heterocycles. The third-order valence-corrected chi connectivity index (χ3v) is 7.69. The van der Waals surface area contributed by atoms with Crippen LogP contribution in [0.5, 0.6) is 5.75 Å². The second kappa shape index (κ2) is 10.0. The summed E-state index contributed by atoms with van der Waals surface area (Å²) < 4.78 is 44.3. The minimum atomic E-state index is -4.19. The summed E-state index contributed by atoms with van der Waals surface area (Å²) in [6, 6.07) is 14.6. The van der Waals surface area contributed by atoms with Crippen LogP contribution in [0.25, 0.3) is 6.08 Å². The molecule has 11 heteroatoms. The molecule has 1 aliphatic rings. The Bertz CT molecular complexity index is 1450. The highest BCUT2D eigenvalue weighted by molar-refractivity contribution is 8.18. The van der Waals surface area contributed by atoms with Gasteiger partial charge in [-0.1, -0.05) is 59.1 Å². The molecule has 0 bridgehead atoms. The lowest BCUT2D eigenvalue weighted by Gasteiger charge is -2.13. The fraction of sp³-hybridized carbons (Fsp3) is 0.0833. The molecule has 1 saturated heterocycles. The monoisotopic (exact) mass is 551 g/mol. The predicted molar refractivity (Wildman–Crippen MR) is 133 cm³/mol. The van der Waals surface area contributed by atoms with E-state index in [1.165, 1.54) is 48.5 Å². The summed E-state index contributed by atoms with van der Waals surface area (Å²) in [5.74, 6) is -1.39. The van der Waals surface area contributed by atoms with Gasteiger partial charge in [-0.15, -0.1) is 0 Å². The first-order valence-corrected chi connectivity index (χ1v) is 13.0. The van der Waals surface area contributed by atoms with Gasteiger partial charge in [0, 0.05) is 5.56 Å². The van der Waals surface area contributed by atoms with Gasteiger partial charge in [0.2, 0.25) is 0 Å². The Morgan fingerprint density at radius 2 is 1.66 bits per heavy atom. The number of amides is 2. The molecule has 2 amide bonds. The molecule has 35 heavy (non-hydrogen) atoms. The van der Waals surface area contributed by atoms with Crippen molar-refractivity contribution in [1.29, 1.82) is 0 Å². The van der Waals surface area contributed by atoms with Crippen LogP contribution in [0, 0.1) is 12.7 Å². The van der Waals surface area contributed by atoms with Gasteiger partial charge in [0.1, 0.15) is 10.7 Å². The second-order valence-corrected chi connectivity index (χ2v) is 10.9. The summed E-state index contributed by atoms with van der Waals surface area (Å²) in [5.41, 5.74) is 1.43. The number of hydrogen-bond acceptors (Lipinski definition) is 6. The molecule has 0 unspecified atom stereocenters.